The molecule has 0 fully saturated rings. The number of aromatic nitrogens is 2. The summed E-state index contributed by atoms with van der Waals surface area (Å²) >= 11 is 0. The Labute approximate surface area is 108 Å². The van der Waals surface area contributed by atoms with Crippen molar-refractivity contribution in [1.29, 1.82) is 0 Å². The maximum atomic E-state index is 12.0. The van der Waals surface area contributed by atoms with Crippen molar-refractivity contribution in [3.05, 3.63) is 30.1 Å². The molecule has 1 amide bonds. The fourth-order valence-corrected chi connectivity index (χ4v) is 1.66. The van der Waals surface area contributed by atoms with Crippen molar-refractivity contribution in [3.8, 4) is 0 Å². The van der Waals surface area contributed by atoms with Crippen LogP contribution in [0.5, 0.6) is 0 Å². The molecule has 1 aromatic heterocycles. The lowest BCUT2D eigenvalue weighted by molar-refractivity contribution is 0.0375. The quantitative estimate of drug-likeness (QED) is 0.475. The molecule has 19 heavy (non-hydrogen) atoms. The van der Waals surface area contributed by atoms with Crippen LogP contribution in [0.25, 0.3) is 11.0 Å². The average molecular weight is 265 g/mol. The van der Waals surface area contributed by atoms with Crippen molar-refractivity contribution in [2.24, 2.45) is 0 Å². The van der Waals surface area contributed by atoms with Gasteiger partial charge in [0.1, 0.15) is 5.54 Å². The Morgan fingerprint density at radius 3 is 2.58 bits per heavy atom. The summed E-state index contributed by atoms with van der Waals surface area (Å²) in [4.78, 5) is 18.9. The number of aliphatic hydroxyl groups excluding tert-OH is 3. The molecular weight excluding hydrogens is 250 g/mol. The first-order valence-corrected chi connectivity index (χ1v) is 5.72. The number of nitrogens with one attached hydrogen (secondary N) is 2. The minimum absolute atomic E-state index is 0.344. The minimum Gasteiger partial charge on any atom is -0.394 e. The number of hydrogen-bond acceptors (Lipinski definition) is 5. The Morgan fingerprint density at radius 1 is 1.26 bits per heavy atom. The molecule has 0 bridgehead atoms. The number of rotatable bonds is 5. The summed E-state index contributed by atoms with van der Waals surface area (Å²) in [6, 6.07) is 4.86. The SMILES string of the molecule is O=C(NC(CO)(CO)CO)c1ccc2nc[nH]c2c1. The summed E-state index contributed by atoms with van der Waals surface area (Å²) in [5.74, 6) is -0.492. The highest BCUT2D eigenvalue weighted by atomic mass is 16.3. The van der Waals surface area contributed by atoms with Crippen molar-refractivity contribution < 1.29 is 20.1 Å². The van der Waals surface area contributed by atoms with Gasteiger partial charge in [-0.25, -0.2) is 4.98 Å². The highest BCUT2D eigenvalue weighted by Gasteiger charge is 2.30. The number of carbonyl (C=O) groups is 1. The molecule has 0 saturated carbocycles. The van der Waals surface area contributed by atoms with E-state index in [-0.39, 0.29) is 0 Å². The monoisotopic (exact) mass is 265 g/mol. The molecular formula is C12H15N3O4. The second-order valence-corrected chi connectivity index (χ2v) is 4.34. The van der Waals surface area contributed by atoms with Crippen LogP contribution in [-0.2, 0) is 0 Å². The third-order valence-electron chi connectivity index (χ3n) is 2.97. The van der Waals surface area contributed by atoms with Crippen LogP contribution in [0.4, 0.5) is 0 Å². The maximum absolute atomic E-state index is 12.0. The Balaban J connectivity index is 2.23. The predicted octanol–water partition coefficient (Wildman–Crippen LogP) is -0.992. The largest absolute Gasteiger partial charge is 0.394 e. The van der Waals surface area contributed by atoms with Gasteiger partial charge in [0.05, 0.1) is 37.2 Å². The van der Waals surface area contributed by atoms with Gasteiger partial charge in [0.15, 0.2) is 0 Å². The molecule has 1 aromatic carbocycles. The van der Waals surface area contributed by atoms with Crippen molar-refractivity contribution >= 4 is 16.9 Å². The third kappa shape index (κ3) is 2.58. The molecule has 5 N–H and O–H groups in total. The molecule has 0 unspecified atom stereocenters. The summed E-state index contributed by atoms with van der Waals surface area (Å²) in [5, 5.41) is 29.9. The molecule has 0 spiro atoms. The zero-order chi connectivity index (χ0) is 13.9. The summed E-state index contributed by atoms with van der Waals surface area (Å²) in [5.41, 5.74) is 0.348. The fourth-order valence-electron chi connectivity index (χ4n) is 1.66. The van der Waals surface area contributed by atoms with Gasteiger partial charge in [-0.05, 0) is 18.2 Å². The summed E-state index contributed by atoms with van der Waals surface area (Å²) in [6.07, 6.45) is 1.52. The first kappa shape index (κ1) is 13.5. The smallest absolute Gasteiger partial charge is 0.252 e. The lowest BCUT2D eigenvalue weighted by Crippen LogP contribution is -2.57. The first-order chi connectivity index (χ1) is 9.14. The first-order valence-electron chi connectivity index (χ1n) is 5.72. The predicted molar refractivity (Wildman–Crippen MR) is 67.5 cm³/mol. The van der Waals surface area contributed by atoms with Crippen molar-refractivity contribution in [2.75, 3.05) is 19.8 Å². The van der Waals surface area contributed by atoms with E-state index in [1.165, 1.54) is 6.33 Å². The maximum Gasteiger partial charge on any atom is 0.252 e. The number of hydrogen-bond donors (Lipinski definition) is 5. The summed E-state index contributed by atoms with van der Waals surface area (Å²) in [6.45, 7) is -1.67. The van der Waals surface area contributed by atoms with Crippen LogP contribution in [0.2, 0.25) is 0 Å². The van der Waals surface area contributed by atoms with E-state index < -0.39 is 31.3 Å². The van der Waals surface area contributed by atoms with Crippen LogP contribution >= 0.6 is 0 Å². The van der Waals surface area contributed by atoms with Crippen molar-refractivity contribution in [2.45, 2.75) is 5.54 Å². The zero-order valence-corrected chi connectivity index (χ0v) is 10.1. The molecule has 0 atom stereocenters. The number of amides is 1. The lowest BCUT2D eigenvalue weighted by atomic mass is 10.0. The Hall–Kier alpha value is -1.96. The highest BCUT2D eigenvalue weighted by Crippen LogP contribution is 2.12. The molecule has 2 rings (SSSR count). The highest BCUT2D eigenvalue weighted by molar-refractivity contribution is 5.97. The van der Waals surface area contributed by atoms with Crippen LogP contribution in [0.3, 0.4) is 0 Å². The van der Waals surface area contributed by atoms with E-state index in [4.69, 9.17) is 15.3 Å². The molecule has 102 valence electrons. The molecule has 2 aromatic rings. The topological polar surface area (TPSA) is 118 Å². The molecule has 0 aliphatic carbocycles. The second kappa shape index (κ2) is 5.35. The van der Waals surface area contributed by atoms with Gasteiger partial charge in [0.2, 0.25) is 0 Å². The molecule has 0 radical (unpaired) electrons. The van der Waals surface area contributed by atoms with Crippen LogP contribution in [0.15, 0.2) is 24.5 Å². The number of aliphatic hydroxyl groups is 3. The minimum atomic E-state index is -1.43. The normalized spacial score (nSPS) is 11.7. The summed E-state index contributed by atoms with van der Waals surface area (Å²) in [7, 11) is 0. The van der Waals surface area contributed by atoms with Gasteiger partial charge in [-0.2, -0.15) is 0 Å². The van der Waals surface area contributed by atoms with Crippen molar-refractivity contribution in [3.63, 3.8) is 0 Å². The number of nitrogens with zero attached hydrogens (tertiary/aromatic N) is 1. The van der Waals surface area contributed by atoms with E-state index in [1.54, 1.807) is 18.2 Å². The summed E-state index contributed by atoms with van der Waals surface area (Å²) < 4.78 is 0. The van der Waals surface area contributed by atoms with E-state index in [1.807, 2.05) is 0 Å². The number of fused-ring (bicyclic) bond motifs is 1. The molecule has 1 heterocycles. The van der Waals surface area contributed by atoms with Gasteiger partial charge >= 0.3 is 0 Å². The Kier molecular flexibility index (Phi) is 3.79. The Morgan fingerprint density at radius 2 is 1.95 bits per heavy atom. The zero-order valence-electron chi connectivity index (χ0n) is 10.1. The molecule has 0 aliphatic heterocycles. The number of benzene rings is 1. The molecule has 0 aliphatic rings. The molecule has 7 nitrogen and oxygen atoms in total. The van der Waals surface area contributed by atoms with Crippen LogP contribution in [0, 0.1) is 0 Å². The van der Waals surface area contributed by atoms with E-state index in [2.05, 4.69) is 15.3 Å². The fraction of sp³-hybridized carbons (Fsp3) is 0.333. The molecule has 7 heteroatoms. The van der Waals surface area contributed by atoms with E-state index in [0.29, 0.717) is 11.1 Å². The van der Waals surface area contributed by atoms with Crippen LogP contribution in [-0.4, -0.2) is 56.6 Å². The lowest BCUT2D eigenvalue weighted by Gasteiger charge is -2.28. The van der Waals surface area contributed by atoms with Gasteiger partial charge in [-0.3, -0.25) is 4.79 Å². The van der Waals surface area contributed by atoms with E-state index in [9.17, 15) is 4.79 Å². The number of aromatic amines is 1. The van der Waals surface area contributed by atoms with Crippen LogP contribution < -0.4 is 5.32 Å². The van der Waals surface area contributed by atoms with Crippen LogP contribution in [0.1, 0.15) is 10.4 Å². The number of imidazole rings is 1. The third-order valence-corrected chi connectivity index (χ3v) is 2.97. The standard InChI is InChI=1S/C12H15N3O4/c16-4-12(5-17,6-18)15-11(19)8-1-2-9-10(3-8)14-7-13-9/h1-3,7,16-18H,4-6H2,(H,13,14)(H,15,19). The van der Waals surface area contributed by atoms with Gasteiger partial charge in [-0.1, -0.05) is 0 Å². The average Bonchev–Trinajstić information content (AvgIpc) is 2.92. The van der Waals surface area contributed by atoms with Gasteiger partial charge in [-0.15, -0.1) is 0 Å². The van der Waals surface area contributed by atoms with Crippen molar-refractivity contribution in [1.82, 2.24) is 15.3 Å². The van der Waals surface area contributed by atoms with Gasteiger partial charge < -0.3 is 25.6 Å². The van der Waals surface area contributed by atoms with E-state index >= 15 is 0 Å². The Bertz CT molecular complexity index is 569. The number of carbonyl (C=O) groups excluding carboxylic acids is 1. The van der Waals surface area contributed by atoms with Gasteiger partial charge in [0, 0.05) is 5.56 Å². The number of H-pyrrole nitrogens is 1. The van der Waals surface area contributed by atoms with Gasteiger partial charge in [0.25, 0.3) is 5.91 Å². The second-order valence-electron chi connectivity index (χ2n) is 4.34. The molecule has 0 saturated heterocycles. The van der Waals surface area contributed by atoms with E-state index in [0.717, 1.165) is 5.52 Å².